The summed E-state index contributed by atoms with van der Waals surface area (Å²) in [6.07, 6.45) is 0.698. The predicted molar refractivity (Wildman–Crippen MR) is 102 cm³/mol. The lowest BCUT2D eigenvalue weighted by atomic mass is 10.1. The Labute approximate surface area is 166 Å². The Kier molecular flexibility index (Phi) is 5.58. The topological polar surface area (TPSA) is 116 Å². The van der Waals surface area contributed by atoms with E-state index < -0.39 is 35.1 Å². The zero-order valence-electron chi connectivity index (χ0n) is 15.8. The second kappa shape index (κ2) is 8.09. The smallest absolute Gasteiger partial charge is 0.338 e. The van der Waals surface area contributed by atoms with Crippen LogP contribution in [-0.2, 0) is 20.7 Å². The Morgan fingerprint density at radius 1 is 1.14 bits per heavy atom. The third-order valence-electron chi connectivity index (χ3n) is 4.59. The van der Waals surface area contributed by atoms with Crippen LogP contribution in [0.2, 0.25) is 0 Å². The number of hydrogen-bond donors (Lipinski definition) is 0. The van der Waals surface area contributed by atoms with Crippen LogP contribution in [0.4, 0.5) is 11.4 Å². The molecule has 1 atom stereocenters. The number of ether oxygens (including phenoxy) is 2. The second-order valence-electron chi connectivity index (χ2n) is 6.54. The highest BCUT2D eigenvalue weighted by molar-refractivity contribution is 6.00. The van der Waals surface area contributed by atoms with Crippen molar-refractivity contribution in [3.05, 3.63) is 69.3 Å². The lowest BCUT2D eigenvalue weighted by Crippen LogP contribution is -2.38. The molecule has 0 unspecified atom stereocenters. The Morgan fingerprint density at radius 3 is 2.45 bits per heavy atom. The number of anilines is 1. The number of hydrogen-bond acceptors (Lipinski definition) is 7. The van der Waals surface area contributed by atoms with Crippen LogP contribution in [0, 0.1) is 10.1 Å². The number of carbonyl (C=O) groups is 3. The molecule has 9 nitrogen and oxygen atoms in total. The maximum Gasteiger partial charge on any atom is 0.338 e. The maximum atomic E-state index is 12.6. The summed E-state index contributed by atoms with van der Waals surface area (Å²) in [7, 11) is 1.12. The van der Waals surface area contributed by atoms with Gasteiger partial charge in [-0.25, -0.2) is 9.59 Å². The van der Waals surface area contributed by atoms with E-state index in [1.165, 1.54) is 0 Å². The van der Waals surface area contributed by atoms with Gasteiger partial charge in [-0.05, 0) is 31.0 Å². The first-order valence-electron chi connectivity index (χ1n) is 8.76. The number of non-ortho nitro benzene ring substituents is 1. The van der Waals surface area contributed by atoms with Crippen LogP contribution in [0.1, 0.15) is 33.2 Å². The minimum Gasteiger partial charge on any atom is -0.465 e. The van der Waals surface area contributed by atoms with Gasteiger partial charge < -0.3 is 14.4 Å². The van der Waals surface area contributed by atoms with Gasteiger partial charge in [0, 0.05) is 23.9 Å². The molecule has 0 aromatic heterocycles. The molecule has 0 aliphatic carbocycles. The molecule has 3 rings (SSSR count). The molecule has 9 heteroatoms. The van der Waals surface area contributed by atoms with E-state index in [0.717, 1.165) is 36.6 Å². The van der Waals surface area contributed by atoms with Gasteiger partial charge in [-0.3, -0.25) is 14.9 Å². The predicted octanol–water partition coefficient (Wildman–Crippen LogP) is 2.52. The van der Waals surface area contributed by atoms with Gasteiger partial charge in [0.25, 0.3) is 11.6 Å². The Bertz CT molecular complexity index is 1000. The molecule has 0 saturated heterocycles. The van der Waals surface area contributed by atoms with Gasteiger partial charge in [0.05, 0.1) is 23.2 Å². The second-order valence-corrected chi connectivity index (χ2v) is 6.54. The first-order chi connectivity index (χ1) is 13.8. The number of nitro benzene ring substituents is 1. The van der Waals surface area contributed by atoms with Gasteiger partial charge in [-0.1, -0.05) is 18.2 Å². The fourth-order valence-electron chi connectivity index (χ4n) is 3.30. The maximum absolute atomic E-state index is 12.6. The summed E-state index contributed by atoms with van der Waals surface area (Å²) < 4.78 is 9.61. The number of fused-ring (bicyclic) bond motifs is 1. The Balaban J connectivity index is 1.75. The average molecular weight is 398 g/mol. The van der Waals surface area contributed by atoms with Crippen molar-refractivity contribution >= 4 is 29.2 Å². The summed E-state index contributed by atoms with van der Waals surface area (Å²) in [6.45, 7) is 1.36. The number of carbonyl (C=O) groups excluding carboxylic acids is 3. The molecule has 2 aromatic rings. The Hall–Kier alpha value is -3.75. The molecule has 2 aromatic carbocycles. The number of benzene rings is 2. The molecule has 1 heterocycles. The van der Waals surface area contributed by atoms with Crippen LogP contribution < -0.4 is 4.90 Å². The standard InChI is InChI=1S/C20H18N2O7/c1-12-7-13-5-3-4-6-17(13)21(12)18(23)11-29-20(25)15-8-14(19(24)28-2)9-16(10-15)22(26)27/h3-6,8-10,12H,7,11H2,1-2H3/t12-/m0/s1. The SMILES string of the molecule is COC(=O)c1cc(C(=O)OCC(=O)N2c3ccccc3C[C@@H]2C)cc([N+](=O)[O-])c1. The van der Waals surface area contributed by atoms with E-state index in [2.05, 4.69) is 4.74 Å². The molecule has 1 aliphatic heterocycles. The number of esters is 2. The van der Waals surface area contributed by atoms with E-state index in [1.807, 2.05) is 31.2 Å². The van der Waals surface area contributed by atoms with E-state index in [9.17, 15) is 24.5 Å². The van der Waals surface area contributed by atoms with Crippen molar-refractivity contribution in [2.45, 2.75) is 19.4 Å². The highest BCUT2D eigenvalue weighted by atomic mass is 16.6. The molecule has 0 spiro atoms. The van der Waals surface area contributed by atoms with E-state index >= 15 is 0 Å². The summed E-state index contributed by atoms with van der Waals surface area (Å²) in [4.78, 5) is 48.6. The minimum atomic E-state index is -0.952. The highest BCUT2D eigenvalue weighted by Gasteiger charge is 2.31. The number of rotatable bonds is 5. The summed E-state index contributed by atoms with van der Waals surface area (Å²) >= 11 is 0. The van der Waals surface area contributed by atoms with Crippen LogP contribution in [0.25, 0.3) is 0 Å². The summed E-state index contributed by atoms with van der Waals surface area (Å²) in [6, 6.07) is 10.5. The van der Waals surface area contributed by atoms with Crippen molar-refractivity contribution in [1.82, 2.24) is 0 Å². The summed E-state index contributed by atoms with van der Waals surface area (Å²) in [5.74, 6) is -2.19. The van der Waals surface area contributed by atoms with Crippen LogP contribution in [0.3, 0.4) is 0 Å². The number of nitrogens with zero attached hydrogens (tertiary/aromatic N) is 2. The van der Waals surface area contributed by atoms with Gasteiger partial charge >= 0.3 is 11.9 Å². The molecule has 0 fully saturated rings. The zero-order valence-corrected chi connectivity index (χ0v) is 15.8. The van der Waals surface area contributed by atoms with Crippen LogP contribution in [0.5, 0.6) is 0 Å². The molecule has 0 bridgehead atoms. The van der Waals surface area contributed by atoms with Gasteiger partial charge in [0.1, 0.15) is 0 Å². The molecule has 0 radical (unpaired) electrons. The quantitative estimate of drug-likeness (QED) is 0.432. The molecular formula is C20H18N2O7. The van der Waals surface area contributed by atoms with E-state index in [1.54, 1.807) is 4.90 Å². The normalized spacial score (nSPS) is 14.8. The molecule has 0 saturated carbocycles. The van der Waals surface area contributed by atoms with Crippen molar-refractivity contribution in [2.75, 3.05) is 18.6 Å². The van der Waals surface area contributed by atoms with Crippen LogP contribution in [-0.4, -0.2) is 42.5 Å². The van der Waals surface area contributed by atoms with Gasteiger partial charge in [-0.15, -0.1) is 0 Å². The monoisotopic (exact) mass is 398 g/mol. The van der Waals surface area contributed by atoms with Crippen molar-refractivity contribution < 1.29 is 28.8 Å². The number of para-hydroxylation sites is 1. The van der Waals surface area contributed by atoms with Crippen molar-refractivity contribution in [2.24, 2.45) is 0 Å². The lowest BCUT2D eigenvalue weighted by Gasteiger charge is -2.22. The summed E-state index contributed by atoms with van der Waals surface area (Å²) in [5, 5.41) is 11.1. The van der Waals surface area contributed by atoms with E-state index in [0.29, 0.717) is 6.42 Å². The first-order valence-corrected chi connectivity index (χ1v) is 8.76. The number of amides is 1. The molecule has 0 N–H and O–H groups in total. The fraction of sp³-hybridized carbons (Fsp3) is 0.250. The number of methoxy groups -OCH3 is 1. The van der Waals surface area contributed by atoms with E-state index in [4.69, 9.17) is 4.74 Å². The van der Waals surface area contributed by atoms with Gasteiger partial charge in [-0.2, -0.15) is 0 Å². The van der Waals surface area contributed by atoms with E-state index in [-0.39, 0.29) is 17.2 Å². The largest absolute Gasteiger partial charge is 0.465 e. The molecule has 29 heavy (non-hydrogen) atoms. The van der Waals surface area contributed by atoms with Crippen LogP contribution in [0.15, 0.2) is 42.5 Å². The first kappa shape index (κ1) is 20.0. The van der Waals surface area contributed by atoms with Crippen LogP contribution >= 0.6 is 0 Å². The van der Waals surface area contributed by atoms with Crippen molar-refractivity contribution in [3.63, 3.8) is 0 Å². The molecular weight excluding hydrogens is 380 g/mol. The fourth-order valence-corrected chi connectivity index (χ4v) is 3.30. The third kappa shape index (κ3) is 4.08. The Morgan fingerprint density at radius 2 is 1.79 bits per heavy atom. The lowest BCUT2D eigenvalue weighted by molar-refractivity contribution is -0.384. The van der Waals surface area contributed by atoms with Gasteiger partial charge in [0.2, 0.25) is 0 Å². The molecule has 1 aliphatic rings. The summed E-state index contributed by atoms with van der Waals surface area (Å²) in [5.41, 5.74) is 0.947. The zero-order chi connectivity index (χ0) is 21.1. The highest BCUT2D eigenvalue weighted by Crippen LogP contribution is 2.31. The molecule has 1 amide bonds. The number of nitro groups is 1. The minimum absolute atomic E-state index is 0.0812. The van der Waals surface area contributed by atoms with Gasteiger partial charge in [0.15, 0.2) is 6.61 Å². The average Bonchev–Trinajstić information content (AvgIpc) is 3.06. The third-order valence-corrected chi connectivity index (χ3v) is 4.59. The molecule has 150 valence electrons. The van der Waals surface area contributed by atoms with Crippen molar-refractivity contribution in [1.29, 1.82) is 0 Å². The van der Waals surface area contributed by atoms with Crippen molar-refractivity contribution in [3.8, 4) is 0 Å².